The van der Waals surface area contributed by atoms with Gasteiger partial charge in [0.05, 0.1) is 12.8 Å². The summed E-state index contributed by atoms with van der Waals surface area (Å²) < 4.78 is 31.4. The number of para-hydroxylation sites is 2. The SMILES string of the molecule is COc1ccccc1N(C)S(=O)(=O)c1cccnc1Cl. The molecular weight excluding hydrogens is 300 g/mol. The third kappa shape index (κ3) is 2.57. The van der Waals surface area contributed by atoms with E-state index in [0.717, 1.165) is 4.31 Å². The molecule has 0 unspecified atom stereocenters. The first kappa shape index (κ1) is 14.6. The number of pyridine rings is 1. The average molecular weight is 313 g/mol. The quantitative estimate of drug-likeness (QED) is 0.814. The van der Waals surface area contributed by atoms with Crippen LogP contribution in [0.4, 0.5) is 5.69 Å². The molecule has 1 heterocycles. The summed E-state index contributed by atoms with van der Waals surface area (Å²) in [5.74, 6) is 0.457. The Morgan fingerprint density at radius 2 is 1.90 bits per heavy atom. The second-order valence-electron chi connectivity index (χ2n) is 3.94. The zero-order chi connectivity index (χ0) is 14.8. The Balaban J connectivity index is 2.52. The number of aromatic nitrogens is 1. The third-order valence-electron chi connectivity index (χ3n) is 2.79. The molecule has 106 valence electrons. The van der Waals surface area contributed by atoms with Crippen LogP contribution >= 0.6 is 11.6 Å². The maximum absolute atomic E-state index is 12.6. The van der Waals surface area contributed by atoms with E-state index in [-0.39, 0.29) is 10.0 Å². The first-order chi connectivity index (χ1) is 9.48. The van der Waals surface area contributed by atoms with E-state index in [1.807, 2.05) is 0 Å². The second kappa shape index (κ2) is 5.68. The summed E-state index contributed by atoms with van der Waals surface area (Å²) >= 11 is 5.87. The predicted octanol–water partition coefficient (Wildman–Crippen LogP) is 2.57. The van der Waals surface area contributed by atoms with Crippen molar-refractivity contribution in [2.24, 2.45) is 0 Å². The summed E-state index contributed by atoms with van der Waals surface area (Å²) in [6.07, 6.45) is 1.43. The molecule has 0 N–H and O–H groups in total. The summed E-state index contributed by atoms with van der Waals surface area (Å²) in [6, 6.07) is 9.77. The van der Waals surface area contributed by atoms with Gasteiger partial charge in [-0.25, -0.2) is 13.4 Å². The van der Waals surface area contributed by atoms with Crippen molar-refractivity contribution < 1.29 is 13.2 Å². The number of hydrogen-bond donors (Lipinski definition) is 0. The molecule has 0 aliphatic rings. The minimum atomic E-state index is -3.80. The minimum Gasteiger partial charge on any atom is -0.495 e. The van der Waals surface area contributed by atoms with Crippen LogP contribution in [0.15, 0.2) is 47.5 Å². The van der Waals surface area contributed by atoms with E-state index >= 15 is 0 Å². The Morgan fingerprint density at radius 1 is 1.20 bits per heavy atom. The van der Waals surface area contributed by atoms with Crippen LogP contribution in [0, 0.1) is 0 Å². The lowest BCUT2D eigenvalue weighted by Crippen LogP contribution is -2.27. The number of nitrogens with zero attached hydrogens (tertiary/aromatic N) is 2. The molecular formula is C13H13ClN2O3S. The van der Waals surface area contributed by atoms with Crippen molar-refractivity contribution in [3.63, 3.8) is 0 Å². The fraction of sp³-hybridized carbons (Fsp3) is 0.154. The van der Waals surface area contributed by atoms with E-state index < -0.39 is 10.0 Å². The van der Waals surface area contributed by atoms with Crippen molar-refractivity contribution in [3.05, 3.63) is 47.7 Å². The number of halogens is 1. The lowest BCUT2D eigenvalue weighted by molar-refractivity contribution is 0.416. The van der Waals surface area contributed by atoms with Crippen molar-refractivity contribution in [2.75, 3.05) is 18.5 Å². The molecule has 20 heavy (non-hydrogen) atoms. The van der Waals surface area contributed by atoms with Gasteiger partial charge in [0.1, 0.15) is 15.8 Å². The highest BCUT2D eigenvalue weighted by molar-refractivity contribution is 7.93. The molecule has 0 aliphatic heterocycles. The minimum absolute atomic E-state index is 0.0462. The molecule has 0 amide bonds. The van der Waals surface area contributed by atoms with E-state index in [1.54, 1.807) is 24.3 Å². The van der Waals surface area contributed by atoms with Crippen molar-refractivity contribution in [1.29, 1.82) is 0 Å². The predicted molar refractivity (Wildman–Crippen MR) is 77.8 cm³/mol. The number of sulfonamides is 1. The fourth-order valence-electron chi connectivity index (χ4n) is 1.73. The largest absolute Gasteiger partial charge is 0.495 e. The number of ether oxygens (including phenoxy) is 1. The van der Waals surface area contributed by atoms with Gasteiger partial charge in [0.2, 0.25) is 0 Å². The first-order valence-corrected chi connectivity index (χ1v) is 7.52. The molecule has 2 rings (SSSR count). The van der Waals surface area contributed by atoms with Crippen molar-refractivity contribution in [1.82, 2.24) is 4.98 Å². The third-order valence-corrected chi connectivity index (χ3v) is 5.00. The van der Waals surface area contributed by atoms with Crippen LogP contribution in [0.1, 0.15) is 0 Å². The molecule has 5 nitrogen and oxygen atoms in total. The molecule has 0 bridgehead atoms. The Morgan fingerprint density at radius 3 is 2.55 bits per heavy atom. The zero-order valence-corrected chi connectivity index (χ0v) is 12.5. The van der Waals surface area contributed by atoms with E-state index in [9.17, 15) is 8.42 Å². The van der Waals surface area contributed by atoms with Crippen LogP contribution in [0.3, 0.4) is 0 Å². The molecule has 1 aromatic carbocycles. The number of hydrogen-bond acceptors (Lipinski definition) is 4. The van der Waals surface area contributed by atoms with Gasteiger partial charge < -0.3 is 4.74 Å². The van der Waals surface area contributed by atoms with Crippen molar-refractivity contribution >= 4 is 27.3 Å². The molecule has 0 aliphatic carbocycles. The lowest BCUT2D eigenvalue weighted by Gasteiger charge is -2.21. The van der Waals surface area contributed by atoms with E-state index in [1.165, 1.54) is 32.5 Å². The van der Waals surface area contributed by atoms with Gasteiger partial charge in [-0.15, -0.1) is 0 Å². The smallest absolute Gasteiger partial charge is 0.267 e. The van der Waals surface area contributed by atoms with Crippen molar-refractivity contribution in [3.8, 4) is 5.75 Å². The molecule has 0 radical (unpaired) electrons. The topological polar surface area (TPSA) is 59.5 Å². The van der Waals surface area contributed by atoms with Gasteiger partial charge >= 0.3 is 0 Å². The highest BCUT2D eigenvalue weighted by Crippen LogP contribution is 2.32. The molecule has 0 spiro atoms. The number of anilines is 1. The van der Waals surface area contributed by atoms with Crippen LogP contribution < -0.4 is 9.04 Å². The summed E-state index contributed by atoms with van der Waals surface area (Å²) in [7, 11) is -0.873. The van der Waals surface area contributed by atoms with Crippen molar-refractivity contribution in [2.45, 2.75) is 4.90 Å². The van der Waals surface area contributed by atoms with Crippen LogP contribution in [0.5, 0.6) is 5.75 Å². The molecule has 7 heteroatoms. The van der Waals surface area contributed by atoms with E-state index in [4.69, 9.17) is 16.3 Å². The van der Waals surface area contributed by atoms with E-state index in [2.05, 4.69) is 4.98 Å². The maximum Gasteiger partial charge on any atom is 0.267 e. The average Bonchev–Trinajstić information content (AvgIpc) is 2.46. The van der Waals surface area contributed by atoms with Gasteiger partial charge in [-0.05, 0) is 24.3 Å². The number of rotatable bonds is 4. The summed E-state index contributed by atoms with van der Waals surface area (Å²) in [5.41, 5.74) is 0.426. The first-order valence-electron chi connectivity index (χ1n) is 5.71. The zero-order valence-electron chi connectivity index (χ0n) is 10.9. The summed E-state index contributed by atoms with van der Waals surface area (Å²) in [4.78, 5) is 3.75. The Bertz CT molecular complexity index is 719. The van der Waals surface area contributed by atoms with Gasteiger partial charge in [-0.2, -0.15) is 0 Å². The van der Waals surface area contributed by atoms with Crippen LogP contribution in [-0.4, -0.2) is 27.6 Å². The highest BCUT2D eigenvalue weighted by atomic mass is 35.5. The van der Waals surface area contributed by atoms with Gasteiger partial charge in [0.25, 0.3) is 10.0 Å². The van der Waals surface area contributed by atoms with Crippen LogP contribution in [-0.2, 0) is 10.0 Å². The lowest BCUT2D eigenvalue weighted by atomic mass is 10.3. The normalized spacial score (nSPS) is 11.2. The van der Waals surface area contributed by atoms with Crippen LogP contribution in [0.25, 0.3) is 0 Å². The van der Waals surface area contributed by atoms with E-state index in [0.29, 0.717) is 11.4 Å². The summed E-state index contributed by atoms with van der Waals surface area (Å²) in [5, 5.41) is -0.0609. The number of benzene rings is 1. The van der Waals surface area contributed by atoms with Gasteiger partial charge in [0, 0.05) is 13.2 Å². The molecule has 0 fully saturated rings. The molecule has 0 atom stereocenters. The monoisotopic (exact) mass is 312 g/mol. The van der Waals surface area contributed by atoms with Gasteiger partial charge in [-0.3, -0.25) is 4.31 Å². The summed E-state index contributed by atoms with van der Waals surface area (Å²) in [6.45, 7) is 0. The Labute approximate surface area is 122 Å². The highest BCUT2D eigenvalue weighted by Gasteiger charge is 2.26. The molecule has 1 aromatic heterocycles. The number of methoxy groups -OCH3 is 1. The van der Waals surface area contributed by atoms with Gasteiger partial charge in [0.15, 0.2) is 0 Å². The Kier molecular flexibility index (Phi) is 4.15. The maximum atomic E-state index is 12.6. The van der Waals surface area contributed by atoms with Gasteiger partial charge in [-0.1, -0.05) is 23.7 Å². The molecule has 0 saturated carbocycles. The molecule has 2 aromatic rings. The Hall–Kier alpha value is -1.79. The molecule has 0 saturated heterocycles. The standard InChI is InChI=1S/C13H13ClN2O3S/c1-16(10-6-3-4-7-11(10)19-2)20(17,18)12-8-5-9-15-13(12)14/h3-9H,1-2H3. The van der Waals surface area contributed by atoms with Crippen LogP contribution in [0.2, 0.25) is 5.15 Å². The second-order valence-corrected chi connectivity index (χ2v) is 6.23. The fourth-order valence-corrected chi connectivity index (χ4v) is 3.36.